The first-order valence-corrected chi connectivity index (χ1v) is 5.82. The van der Waals surface area contributed by atoms with Crippen LogP contribution in [0.2, 0.25) is 0 Å². The van der Waals surface area contributed by atoms with Gasteiger partial charge in [-0.3, -0.25) is 0 Å². The lowest BCUT2D eigenvalue weighted by Crippen LogP contribution is -2.21. The topological polar surface area (TPSA) is 26.0 Å². The van der Waals surface area contributed by atoms with Gasteiger partial charge in [-0.25, -0.2) is 0 Å². The summed E-state index contributed by atoms with van der Waals surface area (Å²) in [4.78, 5) is 0. The van der Waals surface area contributed by atoms with E-state index in [1.165, 1.54) is 31.3 Å². The van der Waals surface area contributed by atoms with E-state index in [1.54, 1.807) is 5.57 Å². The lowest BCUT2D eigenvalue weighted by molar-refractivity contribution is 0.599. The minimum atomic E-state index is 0.298. The van der Waals surface area contributed by atoms with Crippen LogP contribution in [0.3, 0.4) is 0 Å². The van der Waals surface area contributed by atoms with Gasteiger partial charge in [0.1, 0.15) is 0 Å². The molecular formula is C13H23N. The summed E-state index contributed by atoms with van der Waals surface area (Å²) in [5, 5.41) is 0. The van der Waals surface area contributed by atoms with Crippen molar-refractivity contribution in [1.29, 1.82) is 0 Å². The van der Waals surface area contributed by atoms with E-state index in [9.17, 15) is 0 Å². The highest BCUT2D eigenvalue weighted by Gasteiger charge is 2.09. The maximum atomic E-state index is 6.08. The summed E-state index contributed by atoms with van der Waals surface area (Å²) in [6.07, 6.45) is 10.8. The molecule has 0 saturated heterocycles. The lowest BCUT2D eigenvalue weighted by Gasteiger charge is -2.17. The molecule has 0 fully saturated rings. The third kappa shape index (κ3) is 4.10. The zero-order valence-electron chi connectivity index (χ0n) is 9.39. The molecule has 0 radical (unpaired) electrons. The van der Waals surface area contributed by atoms with Gasteiger partial charge < -0.3 is 5.73 Å². The first kappa shape index (κ1) is 11.5. The highest BCUT2D eigenvalue weighted by molar-refractivity contribution is 5.08. The standard InChI is InChI=1S/C13H23N/c1-3-11(2)9-13(14)10-12-7-5-4-6-8-12/h7,13H,2-6,8-10,14H2,1H3. The molecule has 0 saturated carbocycles. The fraction of sp³-hybridized carbons (Fsp3) is 0.692. The molecule has 1 aliphatic carbocycles. The van der Waals surface area contributed by atoms with Crippen LogP contribution < -0.4 is 5.73 Å². The summed E-state index contributed by atoms with van der Waals surface area (Å²) < 4.78 is 0. The summed E-state index contributed by atoms with van der Waals surface area (Å²) >= 11 is 0. The molecule has 1 rings (SSSR count). The lowest BCUT2D eigenvalue weighted by atomic mass is 9.92. The van der Waals surface area contributed by atoms with E-state index >= 15 is 0 Å². The third-order valence-corrected chi connectivity index (χ3v) is 2.96. The van der Waals surface area contributed by atoms with Crippen molar-refractivity contribution in [3.63, 3.8) is 0 Å². The van der Waals surface area contributed by atoms with Crippen molar-refractivity contribution in [2.45, 2.75) is 57.9 Å². The molecule has 1 unspecified atom stereocenters. The monoisotopic (exact) mass is 193 g/mol. The Kier molecular flexibility index (Phi) is 4.95. The number of hydrogen-bond donors (Lipinski definition) is 1. The molecule has 1 nitrogen and oxygen atoms in total. The maximum Gasteiger partial charge on any atom is 0.0113 e. The summed E-state index contributed by atoms with van der Waals surface area (Å²) in [7, 11) is 0. The Hall–Kier alpha value is -0.560. The second-order valence-electron chi connectivity index (χ2n) is 4.38. The van der Waals surface area contributed by atoms with Crippen LogP contribution in [0.4, 0.5) is 0 Å². The van der Waals surface area contributed by atoms with E-state index in [0.717, 1.165) is 19.3 Å². The van der Waals surface area contributed by atoms with Gasteiger partial charge in [0, 0.05) is 6.04 Å². The van der Waals surface area contributed by atoms with Crippen molar-refractivity contribution >= 4 is 0 Å². The van der Waals surface area contributed by atoms with Gasteiger partial charge in [-0.2, -0.15) is 0 Å². The van der Waals surface area contributed by atoms with Crippen molar-refractivity contribution in [3.05, 3.63) is 23.8 Å². The Balaban J connectivity index is 2.28. The van der Waals surface area contributed by atoms with E-state index in [4.69, 9.17) is 5.73 Å². The van der Waals surface area contributed by atoms with E-state index in [-0.39, 0.29) is 0 Å². The van der Waals surface area contributed by atoms with Gasteiger partial charge in [0.05, 0.1) is 0 Å². The molecule has 0 aromatic rings. The first-order valence-electron chi connectivity index (χ1n) is 5.82. The number of rotatable bonds is 5. The van der Waals surface area contributed by atoms with Crippen molar-refractivity contribution in [1.82, 2.24) is 0 Å². The van der Waals surface area contributed by atoms with E-state index in [1.807, 2.05) is 0 Å². The molecule has 0 spiro atoms. The Bertz CT molecular complexity index is 215. The summed E-state index contributed by atoms with van der Waals surface area (Å²) in [5.74, 6) is 0. The zero-order chi connectivity index (χ0) is 10.4. The largest absolute Gasteiger partial charge is 0.327 e. The predicted octanol–water partition coefficient (Wildman–Crippen LogP) is 3.56. The summed E-state index contributed by atoms with van der Waals surface area (Å²) in [6, 6.07) is 0.298. The normalized spacial score (nSPS) is 18.9. The van der Waals surface area contributed by atoms with Crippen molar-refractivity contribution < 1.29 is 0 Å². The molecule has 0 heterocycles. The third-order valence-electron chi connectivity index (χ3n) is 2.96. The second-order valence-corrected chi connectivity index (χ2v) is 4.38. The Labute approximate surface area is 88.1 Å². The zero-order valence-corrected chi connectivity index (χ0v) is 9.39. The van der Waals surface area contributed by atoms with Crippen LogP contribution in [0.15, 0.2) is 23.8 Å². The quantitative estimate of drug-likeness (QED) is 0.664. The molecule has 0 aromatic carbocycles. The van der Waals surface area contributed by atoms with Gasteiger partial charge in [-0.15, -0.1) is 0 Å². The van der Waals surface area contributed by atoms with Crippen LogP contribution in [0, 0.1) is 0 Å². The molecule has 0 aliphatic heterocycles. The maximum absolute atomic E-state index is 6.08. The van der Waals surface area contributed by atoms with Crippen molar-refractivity contribution in [3.8, 4) is 0 Å². The SMILES string of the molecule is C=C(CC)CC(N)CC1=CCCCC1. The highest BCUT2D eigenvalue weighted by atomic mass is 14.6. The Morgan fingerprint density at radius 3 is 2.93 bits per heavy atom. The van der Waals surface area contributed by atoms with Gasteiger partial charge in [0.25, 0.3) is 0 Å². The molecule has 80 valence electrons. The van der Waals surface area contributed by atoms with Crippen LogP contribution in [-0.2, 0) is 0 Å². The summed E-state index contributed by atoms with van der Waals surface area (Å²) in [6.45, 7) is 6.15. The van der Waals surface area contributed by atoms with Gasteiger partial charge in [0.2, 0.25) is 0 Å². The van der Waals surface area contributed by atoms with E-state index < -0.39 is 0 Å². The molecular weight excluding hydrogens is 170 g/mol. The van der Waals surface area contributed by atoms with Crippen LogP contribution in [0.1, 0.15) is 51.9 Å². The fourth-order valence-electron chi connectivity index (χ4n) is 2.01. The first-order chi connectivity index (χ1) is 6.72. The minimum absolute atomic E-state index is 0.298. The molecule has 0 aromatic heterocycles. The van der Waals surface area contributed by atoms with E-state index in [0.29, 0.717) is 6.04 Å². The summed E-state index contributed by atoms with van der Waals surface area (Å²) in [5.41, 5.74) is 8.94. The van der Waals surface area contributed by atoms with Gasteiger partial charge in [0.15, 0.2) is 0 Å². The second kappa shape index (κ2) is 6.02. The average molecular weight is 193 g/mol. The van der Waals surface area contributed by atoms with Crippen LogP contribution in [-0.4, -0.2) is 6.04 Å². The van der Waals surface area contributed by atoms with Gasteiger partial charge in [-0.1, -0.05) is 30.7 Å². The van der Waals surface area contributed by atoms with Crippen LogP contribution in [0.25, 0.3) is 0 Å². The number of nitrogens with two attached hydrogens (primary N) is 1. The molecule has 14 heavy (non-hydrogen) atoms. The van der Waals surface area contributed by atoms with E-state index in [2.05, 4.69) is 19.6 Å². The van der Waals surface area contributed by atoms with Crippen molar-refractivity contribution in [2.75, 3.05) is 0 Å². The molecule has 1 aliphatic rings. The van der Waals surface area contributed by atoms with Gasteiger partial charge >= 0.3 is 0 Å². The molecule has 0 bridgehead atoms. The van der Waals surface area contributed by atoms with Gasteiger partial charge in [-0.05, 0) is 44.9 Å². The Morgan fingerprint density at radius 2 is 2.36 bits per heavy atom. The molecule has 1 heteroatoms. The van der Waals surface area contributed by atoms with Crippen molar-refractivity contribution in [2.24, 2.45) is 5.73 Å². The van der Waals surface area contributed by atoms with Crippen LogP contribution in [0.5, 0.6) is 0 Å². The predicted molar refractivity (Wildman–Crippen MR) is 63.2 cm³/mol. The van der Waals surface area contributed by atoms with Crippen LogP contribution >= 0.6 is 0 Å². The number of hydrogen-bond acceptors (Lipinski definition) is 1. The smallest absolute Gasteiger partial charge is 0.0113 e. The average Bonchev–Trinajstić information content (AvgIpc) is 2.19. The fourth-order valence-corrected chi connectivity index (χ4v) is 2.01. The minimum Gasteiger partial charge on any atom is -0.327 e. The molecule has 0 amide bonds. The number of allylic oxidation sites excluding steroid dienone is 1. The highest BCUT2D eigenvalue weighted by Crippen LogP contribution is 2.22. The Morgan fingerprint density at radius 1 is 1.57 bits per heavy atom. The molecule has 2 N–H and O–H groups in total. The molecule has 1 atom stereocenters.